The van der Waals surface area contributed by atoms with Gasteiger partial charge in [-0.25, -0.2) is 0 Å². The van der Waals surface area contributed by atoms with Gasteiger partial charge in [-0.2, -0.15) is 0 Å². The SMILES string of the molecule is O=c1c2ccccc2n(Cc2ccccc2)c2ccccc12. The summed E-state index contributed by atoms with van der Waals surface area (Å²) >= 11 is 0. The Morgan fingerprint density at radius 3 is 1.73 bits per heavy atom. The number of hydrogen-bond donors (Lipinski definition) is 0. The summed E-state index contributed by atoms with van der Waals surface area (Å²) < 4.78 is 2.22. The monoisotopic (exact) mass is 285 g/mol. The van der Waals surface area contributed by atoms with E-state index in [1.54, 1.807) is 0 Å². The largest absolute Gasteiger partial charge is 0.336 e. The first-order valence-corrected chi connectivity index (χ1v) is 7.39. The summed E-state index contributed by atoms with van der Waals surface area (Å²) in [5, 5.41) is 1.55. The molecule has 1 heterocycles. The minimum Gasteiger partial charge on any atom is -0.336 e. The third kappa shape index (κ3) is 2.01. The van der Waals surface area contributed by atoms with Crippen LogP contribution < -0.4 is 5.43 Å². The lowest BCUT2D eigenvalue weighted by Gasteiger charge is -2.15. The van der Waals surface area contributed by atoms with Gasteiger partial charge in [-0.1, -0.05) is 54.6 Å². The van der Waals surface area contributed by atoms with Gasteiger partial charge in [0, 0.05) is 17.3 Å². The molecule has 0 atom stereocenters. The van der Waals surface area contributed by atoms with Crippen LogP contribution in [0, 0.1) is 0 Å². The van der Waals surface area contributed by atoms with E-state index in [1.807, 2.05) is 66.7 Å². The Hall–Kier alpha value is -2.87. The molecule has 22 heavy (non-hydrogen) atoms. The highest BCUT2D eigenvalue weighted by Gasteiger charge is 2.10. The Kier molecular flexibility index (Phi) is 3.01. The van der Waals surface area contributed by atoms with Crippen molar-refractivity contribution in [3.05, 3.63) is 94.6 Å². The number of pyridine rings is 1. The molecule has 0 radical (unpaired) electrons. The Labute approximate surface area is 128 Å². The van der Waals surface area contributed by atoms with Gasteiger partial charge in [-0.15, -0.1) is 0 Å². The van der Waals surface area contributed by atoms with Crippen molar-refractivity contribution in [3.8, 4) is 0 Å². The zero-order valence-electron chi connectivity index (χ0n) is 12.1. The van der Waals surface area contributed by atoms with E-state index in [4.69, 9.17) is 0 Å². The van der Waals surface area contributed by atoms with Crippen LogP contribution in [0.1, 0.15) is 5.56 Å². The van der Waals surface area contributed by atoms with Gasteiger partial charge in [0.05, 0.1) is 11.0 Å². The number of aromatic nitrogens is 1. The minimum atomic E-state index is 0.107. The van der Waals surface area contributed by atoms with Gasteiger partial charge < -0.3 is 4.57 Å². The molecule has 4 rings (SSSR count). The molecule has 0 unspecified atom stereocenters. The zero-order valence-corrected chi connectivity index (χ0v) is 12.1. The van der Waals surface area contributed by atoms with Crippen LogP contribution in [-0.4, -0.2) is 4.57 Å². The lowest BCUT2D eigenvalue weighted by Crippen LogP contribution is -2.12. The van der Waals surface area contributed by atoms with E-state index in [-0.39, 0.29) is 5.43 Å². The van der Waals surface area contributed by atoms with E-state index in [1.165, 1.54) is 5.56 Å². The Morgan fingerprint density at radius 1 is 0.636 bits per heavy atom. The first-order valence-electron chi connectivity index (χ1n) is 7.39. The van der Waals surface area contributed by atoms with Gasteiger partial charge in [-0.05, 0) is 29.8 Å². The number of rotatable bonds is 2. The summed E-state index contributed by atoms with van der Waals surface area (Å²) in [5.41, 5.74) is 3.29. The molecule has 106 valence electrons. The van der Waals surface area contributed by atoms with E-state index in [2.05, 4.69) is 16.7 Å². The lowest BCUT2D eigenvalue weighted by atomic mass is 10.1. The van der Waals surface area contributed by atoms with Crippen molar-refractivity contribution >= 4 is 21.8 Å². The summed E-state index contributed by atoms with van der Waals surface area (Å²) in [5.74, 6) is 0. The second kappa shape index (κ2) is 5.15. The van der Waals surface area contributed by atoms with Crippen LogP contribution >= 0.6 is 0 Å². The number of para-hydroxylation sites is 2. The smallest absolute Gasteiger partial charge is 0.197 e. The molecule has 0 aliphatic rings. The molecule has 2 nitrogen and oxygen atoms in total. The molecule has 4 aromatic rings. The maximum atomic E-state index is 12.7. The molecule has 3 aromatic carbocycles. The zero-order chi connectivity index (χ0) is 14.9. The van der Waals surface area contributed by atoms with Gasteiger partial charge in [0.25, 0.3) is 0 Å². The van der Waals surface area contributed by atoms with Gasteiger partial charge in [0.15, 0.2) is 5.43 Å². The first kappa shape index (κ1) is 12.8. The van der Waals surface area contributed by atoms with Crippen molar-refractivity contribution in [2.24, 2.45) is 0 Å². The van der Waals surface area contributed by atoms with Crippen LogP contribution in [0.5, 0.6) is 0 Å². The topological polar surface area (TPSA) is 22.0 Å². The molecule has 0 aliphatic heterocycles. The van der Waals surface area contributed by atoms with Gasteiger partial charge in [-0.3, -0.25) is 4.79 Å². The van der Waals surface area contributed by atoms with Crippen molar-refractivity contribution in [1.82, 2.24) is 4.57 Å². The van der Waals surface area contributed by atoms with Crippen molar-refractivity contribution in [2.75, 3.05) is 0 Å². The fourth-order valence-corrected chi connectivity index (χ4v) is 3.01. The fourth-order valence-electron chi connectivity index (χ4n) is 3.01. The van der Waals surface area contributed by atoms with Crippen LogP contribution in [0.3, 0.4) is 0 Å². The quantitative estimate of drug-likeness (QED) is 0.506. The summed E-state index contributed by atoms with van der Waals surface area (Å²) in [6.45, 7) is 0.752. The molecule has 2 heteroatoms. The van der Waals surface area contributed by atoms with Crippen molar-refractivity contribution in [2.45, 2.75) is 6.54 Å². The van der Waals surface area contributed by atoms with Crippen LogP contribution in [0.2, 0.25) is 0 Å². The molecular formula is C20H15NO. The van der Waals surface area contributed by atoms with E-state index < -0.39 is 0 Å². The molecular weight excluding hydrogens is 270 g/mol. The van der Waals surface area contributed by atoms with E-state index in [9.17, 15) is 4.79 Å². The number of benzene rings is 3. The van der Waals surface area contributed by atoms with Crippen LogP contribution in [0.25, 0.3) is 21.8 Å². The normalized spacial score (nSPS) is 11.1. The molecule has 0 saturated carbocycles. The highest BCUT2D eigenvalue weighted by molar-refractivity contribution is 5.93. The minimum absolute atomic E-state index is 0.107. The van der Waals surface area contributed by atoms with Crippen molar-refractivity contribution in [1.29, 1.82) is 0 Å². The third-order valence-electron chi connectivity index (χ3n) is 4.06. The average Bonchev–Trinajstić information content (AvgIpc) is 2.59. The average molecular weight is 285 g/mol. The molecule has 0 aliphatic carbocycles. The highest BCUT2D eigenvalue weighted by Crippen LogP contribution is 2.20. The molecule has 0 amide bonds. The van der Waals surface area contributed by atoms with E-state index in [0.29, 0.717) is 0 Å². The highest BCUT2D eigenvalue weighted by atomic mass is 16.1. The molecule has 0 spiro atoms. The Bertz CT molecular complexity index is 956. The standard InChI is InChI=1S/C20H15NO/c22-20-16-10-4-6-12-18(16)21(14-15-8-2-1-3-9-15)19-13-7-5-11-17(19)20/h1-13H,14H2. The molecule has 1 aromatic heterocycles. The summed E-state index contributed by atoms with van der Waals surface area (Å²) in [6.07, 6.45) is 0. The molecule has 0 bridgehead atoms. The van der Waals surface area contributed by atoms with Crippen LogP contribution in [-0.2, 0) is 6.54 Å². The lowest BCUT2D eigenvalue weighted by molar-refractivity contribution is 0.862. The second-order valence-corrected chi connectivity index (χ2v) is 5.44. The Balaban J connectivity index is 2.09. The van der Waals surface area contributed by atoms with Crippen LogP contribution in [0.4, 0.5) is 0 Å². The predicted octanol–water partition coefficient (Wildman–Crippen LogP) is 4.20. The summed E-state index contributed by atoms with van der Waals surface area (Å²) in [7, 11) is 0. The molecule has 0 saturated heterocycles. The fraction of sp³-hybridized carbons (Fsp3) is 0.0500. The molecule has 0 N–H and O–H groups in total. The van der Waals surface area contributed by atoms with Crippen molar-refractivity contribution in [3.63, 3.8) is 0 Å². The molecule has 0 fully saturated rings. The Morgan fingerprint density at radius 2 is 1.14 bits per heavy atom. The van der Waals surface area contributed by atoms with E-state index in [0.717, 1.165) is 28.4 Å². The summed E-state index contributed by atoms with van der Waals surface area (Å²) in [4.78, 5) is 12.7. The van der Waals surface area contributed by atoms with Gasteiger partial charge >= 0.3 is 0 Å². The van der Waals surface area contributed by atoms with E-state index >= 15 is 0 Å². The third-order valence-corrected chi connectivity index (χ3v) is 4.06. The van der Waals surface area contributed by atoms with Crippen LogP contribution in [0.15, 0.2) is 83.7 Å². The van der Waals surface area contributed by atoms with Gasteiger partial charge in [0.2, 0.25) is 0 Å². The summed E-state index contributed by atoms with van der Waals surface area (Å²) in [6, 6.07) is 26.0. The van der Waals surface area contributed by atoms with Crippen molar-refractivity contribution < 1.29 is 0 Å². The number of hydrogen-bond acceptors (Lipinski definition) is 1. The maximum absolute atomic E-state index is 12.7. The number of fused-ring (bicyclic) bond motifs is 2. The number of nitrogens with zero attached hydrogens (tertiary/aromatic N) is 1. The maximum Gasteiger partial charge on any atom is 0.197 e. The predicted molar refractivity (Wildman–Crippen MR) is 91.3 cm³/mol. The second-order valence-electron chi connectivity index (χ2n) is 5.44. The van der Waals surface area contributed by atoms with Gasteiger partial charge in [0.1, 0.15) is 0 Å². The first-order chi connectivity index (χ1) is 10.8.